The van der Waals surface area contributed by atoms with Crippen molar-refractivity contribution in [3.63, 3.8) is 0 Å². The Morgan fingerprint density at radius 2 is 1.88 bits per heavy atom. The number of rotatable bonds is 5. The molecule has 0 aromatic carbocycles. The van der Waals surface area contributed by atoms with Crippen molar-refractivity contribution in [3.05, 3.63) is 0 Å². The summed E-state index contributed by atoms with van der Waals surface area (Å²) in [7, 11) is 0. The van der Waals surface area contributed by atoms with Crippen molar-refractivity contribution < 1.29 is 9.53 Å². The quantitative estimate of drug-likeness (QED) is 0.835. The molecule has 0 bridgehead atoms. The van der Waals surface area contributed by atoms with E-state index in [0.717, 1.165) is 32.4 Å². The second kappa shape index (κ2) is 8.52. The van der Waals surface area contributed by atoms with E-state index in [-0.39, 0.29) is 6.09 Å². The third-order valence-electron chi connectivity index (χ3n) is 5.19. The SMILES string of the molecule is CCN1CCC(NC(C)CC2CCCN2C(=O)OC(C)(C)C)CC1. The van der Waals surface area contributed by atoms with Crippen LogP contribution in [-0.2, 0) is 4.74 Å². The highest BCUT2D eigenvalue weighted by Gasteiger charge is 2.33. The molecule has 1 amide bonds. The average Bonchev–Trinajstić information content (AvgIpc) is 2.94. The third-order valence-corrected chi connectivity index (χ3v) is 5.19. The maximum absolute atomic E-state index is 12.4. The van der Waals surface area contributed by atoms with Gasteiger partial charge in [-0.05, 0) is 79.4 Å². The van der Waals surface area contributed by atoms with Crippen molar-refractivity contribution in [1.82, 2.24) is 15.1 Å². The Morgan fingerprint density at radius 3 is 2.46 bits per heavy atom. The number of carbonyl (C=O) groups is 1. The number of likely N-dealkylation sites (tertiary alicyclic amines) is 2. The topological polar surface area (TPSA) is 44.8 Å². The van der Waals surface area contributed by atoms with E-state index in [4.69, 9.17) is 4.74 Å². The molecule has 2 aliphatic rings. The van der Waals surface area contributed by atoms with Crippen LogP contribution in [0.15, 0.2) is 0 Å². The Bertz CT molecular complexity index is 400. The second-order valence-electron chi connectivity index (χ2n) is 8.48. The van der Waals surface area contributed by atoms with Crippen molar-refractivity contribution >= 4 is 6.09 Å². The van der Waals surface area contributed by atoms with Gasteiger partial charge in [0.25, 0.3) is 0 Å². The van der Waals surface area contributed by atoms with Crippen molar-refractivity contribution in [2.75, 3.05) is 26.2 Å². The van der Waals surface area contributed by atoms with Gasteiger partial charge >= 0.3 is 6.09 Å². The normalized spacial score (nSPS) is 25.0. The van der Waals surface area contributed by atoms with E-state index in [0.29, 0.717) is 18.1 Å². The zero-order valence-corrected chi connectivity index (χ0v) is 16.3. The first-order chi connectivity index (χ1) is 11.3. The molecule has 2 rings (SSSR count). The molecule has 2 saturated heterocycles. The van der Waals surface area contributed by atoms with Gasteiger partial charge in [-0.15, -0.1) is 0 Å². The van der Waals surface area contributed by atoms with Crippen LogP contribution in [0, 0.1) is 0 Å². The summed E-state index contributed by atoms with van der Waals surface area (Å²) in [6.45, 7) is 14.7. The van der Waals surface area contributed by atoms with Crippen molar-refractivity contribution in [3.8, 4) is 0 Å². The van der Waals surface area contributed by atoms with Gasteiger partial charge in [0.05, 0.1) is 0 Å². The van der Waals surface area contributed by atoms with E-state index in [9.17, 15) is 4.79 Å². The molecule has 1 N–H and O–H groups in total. The van der Waals surface area contributed by atoms with Gasteiger partial charge in [-0.2, -0.15) is 0 Å². The maximum atomic E-state index is 12.4. The second-order valence-corrected chi connectivity index (χ2v) is 8.48. The van der Waals surface area contributed by atoms with Gasteiger partial charge in [0.15, 0.2) is 0 Å². The fourth-order valence-corrected chi connectivity index (χ4v) is 3.94. The van der Waals surface area contributed by atoms with E-state index in [1.54, 1.807) is 0 Å². The van der Waals surface area contributed by atoms with Crippen LogP contribution in [0.3, 0.4) is 0 Å². The molecular formula is C19H37N3O2. The minimum Gasteiger partial charge on any atom is -0.444 e. The Kier molecular flexibility index (Phi) is 6.93. The summed E-state index contributed by atoms with van der Waals surface area (Å²) in [5.41, 5.74) is -0.415. The maximum Gasteiger partial charge on any atom is 0.410 e. The minimum absolute atomic E-state index is 0.145. The highest BCUT2D eigenvalue weighted by atomic mass is 16.6. The van der Waals surface area contributed by atoms with Crippen LogP contribution in [0.2, 0.25) is 0 Å². The van der Waals surface area contributed by atoms with Crippen LogP contribution in [-0.4, -0.2) is 65.8 Å². The van der Waals surface area contributed by atoms with E-state index in [2.05, 4.69) is 24.1 Å². The van der Waals surface area contributed by atoms with E-state index < -0.39 is 5.60 Å². The lowest BCUT2D eigenvalue weighted by Gasteiger charge is -2.35. The van der Waals surface area contributed by atoms with Crippen molar-refractivity contribution in [2.45, 2.75) is 90.4 Å². The molecule has 5 nitrogen and oxygen atoms in total. The molecule has 0 radical (unpaired) electrons. The summed E-state index contributed by atoms with van der Waals surface area (Å²) in [5.74, 6) is 0. The van der Waals surface area contributed by atoms with Gasteiger partial charge in [-0.25, -0.2) is 4.79 Å². The summed E-state index contributed by atoms with van der Waals surface area (Å²) in [4.78, 5) is 16.9. The lowest BCUT2D eigenvalue weighted by Crippen LogP contribution is -2.47. The number of ether oxygens (including phenoxy) is 1. The first-order valence-corrected chi connectivity index (χ1v) is 9.76. The average molecular weight is 340 g/mol. The molecule has 2 fully saturated rings. The largest absolute Gasteiger partial charge is 0.444 e. The van der Waals surface area contributed by atoms with Gasteiger partial charge in [0.1, 0.15) is 5.60 Å². The third kappa shape index (κ3) is 5.92. The predicted octanol–water partition coefficient (Wildman–Crippen LogP) is 3.24. The lowest BCUT2D eigenvalue weighted by molar-refractivity contribution is 0.0213. The van der Waals surface area contributed by atoms with Crippen LogP contribution in [0.25, 0.3) is 0 Å². The number of nitrogens with one attached hydrogen (secondary N) is 1. The molecule has 5 heteroatoms. The molecule has 0 saturated carbocycles. The van der Waals surface area contributed by atoms with Gasteiger partial charge in [0, 0.05) is 24.7 Å². The summed E-state index contributed by atoms with van der Waals surface area (Å²) in [5, 5.41) is 3.79. The van der Waals surface area contributed by atoms with Gasteiger partial charge in [0.2, 0.25) is 0 Å². The molecule has 2 unspecified atom stereocenters. The zero-order chi connectivity index (χ0) is 17.7. The monoisotopic (exact) mass is 339 g/mol. The summed E-state index contributed by atoms with van der Waals surface area (Å²) in [6.07, 6.45) is 5.53. The van der Waals surface area contributed by atoms with Gasteiger partial charge in [-0.1, -0.05) is 6.92 Å². The predicted molar refractivity (Wildman–Crippen MR) is 98.3 cm³/mol. The van der Waals surface area contributed by atoms with Crippen LogP contribution in [0.5, 0.6) is 0 Å². The molecule has 140 valence electrons. The Hall–Kier alpha value is -0.810. The fourth-order valence-electron chi connectivity index (χ4n) is 3.94. The van der Waals surface area contributed by atoms with Gasteiger partial charge in [-0.3, -0.25) is 0 Å². The molecular weight excluding hydrogens is 302 g/mol. The summed E-state index contributed by atoms with van der Waals surface area (Å²) >= 11 is 0. The van der Waals surface area contributed by atoms with E-state index >= 15 is 0 Å². The van der Waals surface area contributed by atoms with Crippen molar-refractivity contribution in [1.29, 1.82) is 0 Å². The smallest absolute Gasteiger partial charge is 0.410 e. The molecule has 0 aromatic rings. The molecule has 2 aliphatic heterocycles. The molecule has 2 heterocycles. The van der Waals surface area contributed by atoms with Gasteiger partial charge < -0.3 is 19.9 Å². The standard InChI is InChI=1S/C19H37N3O2/c1-6-21-12-9-16(10-13-21)20-15(2)14-17-8-7-11-22(17)18(23)24-19(3,4)5/h15-17,20H,6-14H2,1-5H3. The van der Waals surface area contributed by atoms with E-state index in [1.165, 1.54) is 25.9 Å². The number of hydrogen-bond acceptors (Lipinski definition) is 4. The molecule has 24 heavy (non-hydrogen) atoms. The zero-order valence-electron chi connectivity index (χ0n) is 16.3. The Labute approximate surface area is 148 Å². The fraction of sp³-hybridized carbons (Fsp3) is 0.947. The Morgan fingerprint density at radius 1 is 1.21 bits per heavy atom. The number of amides is 1. The van der Waals surface area contributed by atoms with Crippen LogP contribution >= 0.6 is 0 Å². The van der Waals surface area contributed by atoms with Crippen LogP contribution in [0.1, 0.15) is 66.7 Å². The first kappa shape index (κ1) is 19.5. The lowest BCUT2D eigenvalue weighted by atomic mass is 10.0. The molecule has 2 atom stereocenters. The highest BCUT2D eigenvalue weighted by Crippen LogP contribution is 2.24. The minimum atomic E-state index is -0.415. The molecule has 0 aliphatic carbocycles. The highest BCUT2D eigenvalue weighted by molar-refractivity contribution is 5.68. The first-order valence-electron chi connectivity index (χ1n) is 9.76. The molecule has 0 aromatic heterocycles. The summed E-state index contributed by atoms with van der Waals surface area (Å²) < 4.78 is 5.57. The number of nitrogens with zero attached hydrogens (tertiary/aromatic N) is 2. The summed E-state index contributed by atoms with van der Waals surface area (Å²) in [6, 6.07) is 1.38. The van der Waals surface area contributed by atoms with Crippen LogP contribution in [0.4, 0.5) is 4.79 Å². The van der Waals surface area contributed by atoms with E-state index in [1.807, 2.05) is 25.7 Å². The number of hydrogen-bond donors (Lipinski definition) is 1. The van der Waals surface area contributed by atoms with Crippen molar-refractivity contribution in [2.24, 2.45) is 0 Å². The number of piperidine rings is 1. The number of carbonyl (C=O) groups excluding carboxylic acids is 1. The molecule has 0 spiro atoms. The Balaban J connectivity index is 1.78. The van der Waals surface area contributed by atoms with Crippen LogP contribution < -0.4 is 5.32 Å².